The van der Waals surface area contributed by atoms with Crippen LogP contribution in [0.4, 0.5) is 0 Å². The van der Waals surface area contributed by atoms with Gasteiger partial charge in [0.25, 0.3) is 5.91 Å². The molecule has 9 heteroatoms. The van der Waals surface area contributed by atoms with Gasteiger partial charge < -0.3 is 25.5 Å². The molecule has 0 bridgehead atoms. The van der Waals surface area contributed by atoms with E-state index >= 15 is 0 Å². The van der Waals surface area contributed by atoms with Crippen molar-refractivity contribution in [2.45, 2.75) is 24.4 Å². The first kappa shape index (κ1) is 17.1. The van der Waals surface area contributed by atoms with Gasteiger partial charge in [-0.1, -0.05) is 0 Å². The van der Waals surface area contributed by atoms with Crippen molar-refractivity contribution in [3.05, 3.63) is 30.1 Å². The van der Waals surface area contributed by atoms with Crippen LogP contribution in [0.15, 0.2) is 29.6 Å². The Morgan fingerprint density at radius 2 is 2.05 bits per heavy atom. The summed E-state index contributed by atoms with van der Waals surface area (Å²) in [5.74, 6) is -0.572. The number of aliphatic hydroxyl groups is 5. The monoisotopic (exact) mass is 299 g/mol. The molecule has 1 heterocycles. The van der Waals surface area contributed by atoms with Crippen molar-refractivity contribution in [1.82, 2.24) is 10.4 Å². The molecule has 1 aromatic heterocycles. The molecule has 6 N–H and O–H groups in total. The first-order valence-electron chi connectivity index (χ1n) is 6.04. The van der Waals surface area contributed by atoms with Crippen molar-refractivity contribution >= 4 is 12.1 Å². The third-order valence-corrected chi connectivity index (χ3v) is 2.60. The molecule has 0 aromatic carbocycles. The summed E-state index contributed by atoms with van der Waals surface area (Å²) in [5, 5.41) is 49.5. The Labute approximate surface area is 120 Å². The molecule has 9 nitrogen and oxygen atoms in total. The Bertz CT molecular complexity index is 469. The molecule has 0 saturated carbocycles. The highest BCUT2D eigenvalue weighted by molar-refractivity contribution is 5.94. The zero-order valence-corrected chi connectivity index (χ0v) is 10.9. The summed E-state index contributed by atoms with van der Waals surface area (Å²) in [6.45, 7) is -0.778. The van der Waals surface area contributed by atoms with Gasteiger partial charge in [0.2, 0.25) is 0 Å². The molecule has 0 aliphatic heterocycles. The molecule has 1 amide bonds. The number of aromatic nitrogens is 1. The largest absolute Gasteiger partial charge is 0.394 e. The summed E-state index contributed by atoms with van der Waals surface area (Å²) in [6.07, 6.45) is -3.18. The van der Waals surface area contributed by atoms with E-state index in [0.717, 1.165) is 6.21 Å². The standard InChI is InChI=1S/C12H17N3O6/c16-6-9(18)11(20)10(19)8(17)5-14-15-12(21)7-2-1-3-13-4-7/h1-5,8-11,16-20H,6H2,(H,15,21)/b14-5+. The molecule has 0 aliphatic rings. The van der Waals surface area contributed by atoms with E-state index in [1.807, 2.05) is 0 Å². The van der Waals surface area contributed by atoms with E-state index in [9.17, 15) is 20.1 Å². The Hall–Kier alpha value is -1.91. The number of hydrogen-bond acceptors (Lipinski definition) is 8. The first-order chi connectivity index (χ1) is 9.97. The van der Waals surface area contributed by atoms with Crippen LogP contribution in [0, 0.1) is 0 Å². The van der Waals surface area contributed by atoms with Crippen molar-refractivity contribution in [2.24, 2.45) is 5.10 Å². The van der Waals surface area contributed by atoms with Gasteiger partial charge in [-0.25, -0.2) is 5.43 Å². The van der Waals surface area contributed by atoms with Crippen LogP contribution in [0.2, 0.25) is 0 Å². The summed E-state index contributed by atoms with van der Waals surface area (Å²) >= 11 is 0. The van der Waals surface area contributed by atoms with E-state index in [0.29, 0.717) is 0 Å². The van der Waals surface area contributed by atoms with Crippen molar-refractivity contribution < 1.29 is 30.3 Å². The Balaban J connectivity index is 2.51. The molecule has 0 spiro atoms. The number of carbonyl (C=O) groups excluding carboxylic acids is 1. The highest BCUT2D eigenvalue weighted by atomic mass is 16.4. The van der Waals surface area contributed by atoms with Crippen LogP contribution in [0.3, 0.4) is 0 Å². The van der Waals surface area contributed by atoms with Crippen LogP contribution in [0.25, 0.3) is 0 Å². The maximum absolute atomic E-state index is 11.6. The van der Waals surface area contributed by atoms with Gasteiger partial charge >= 0.3 is 0 Å². The molecule has 0 saturated heterocycles. The van der Waals surface area contributed by atoms with Crippen LogP contribution < -0.4 is 5.43 Å². The van der Waals surface area contributed by atoms with E-state index in [-0.39, 0.29) is 5.56 Å². The second kappa shape index (κ2) is 8.39. The van der Waals surface area contributed by atoms with E-state index in [1.54, 1.807) is 6.07 Å². The lowest BCUT2D eigenvalue weighted by Crippen LogP contribution is -2.46. The van der Waals surface area contributed by atoms with E-state index in [4.69, 9.17) is 10.2 Å². The fourth-order valence-electron chi connectivity index (χ4n) is 1.36. The molecule has 116 valence electrons. The average Bonchev–Trinajstić information content (AvgIpc) is 2.53. The molecule has 1 rings (SSSR count). The lowest BCUT2D eigenvalue weighted by Gasteiger charge is -2.23. The lowest BCUT2D eigenvalue weighted by molar-refractivity contribution is -0.0999. The molecular weight excluding hydrogens is 282 g/mol. The lowest BCUT2D eigenvalue weighted by atomic mass is 10.0. The summed E-state index contributed by atoms with van der Waals surface area (Å²) < 4.78 is 0. The predicted octanol–water partition coefficient (Wildman–Crippen LogP) is -2.77. The average molecular weight is 299 g/mol. The fourth-order valence-corrected chi connectivity index (χ4v) is 1.36. The van der Waals surface area contributed by atoms with E-state index in [2.05, 4.69) is 15.5 Å². The van der Waals surface area contributed by atoms with Crippen LogP contribution in [-0.2, 0) is 0 Å². The smallest absolute Gasteiger partial charge is 0.272 e. The Morgan fingerprint density at radius 3 is 2.62 bits per heavy atom. The van der Waals surface area contributed by atoms with E-state index < -0.39 is 36.9 Å². The molecule has 4 atom stereocenters. The third-order valence-electron chi connectivity index (χ3n) is 2.60. The number of nitrogens with one attached hydrogen (secondary N) is 1. The second-order valence-corrected chi connectivity index (χ2v) is 4.18. The third kappa shape index (κ3) is 5.17. The number of hydrogen-bond donors (Lipinski definition) is 6. The maximum Gasteiger partial charge on any atom is 0.272 e. The normalized spacial score (nSPS) is 17.2. The van der Waals surface area contributed by atoms with Gasteiger partial charge in [-0.2, -0.15) is 5.10 Å². The van der Waals surface area contributed by atoms with E-state index in [1.165, 1.54) is 18.5 Å². The molecule has 21 heavy (non-hydrogen) atoms. The minimum Gasteiger partial charge on any atom is -0.394 e. The summed E-state index contributed by atoms with van der Waals surface area (Å²) in [7, 11) is 0. The first-order valence-corrected chi connectivity index (χ1v) is 6.04. The minimum atomic E-state index is -1.77. The molecular formula is C12H17N3O6. The summed E-state index contributed by atoms with van der Waals surface area (Å²) in [6, 6.07) is 3.06. The zero-order valence-electron chi connectivity index (χ0n) is 10.9. The second-order valence-electron chi connectivity index (χ2n) is 4.18. The SMILES string of the molecule is O=C(N/N=C/C(O)C(O)C(O)C(O)CO)c1cccnc1. The van der Waals surface area contributed by atoms with Crippen molar-refractivity contribution in [1.29, 1.82) is 0 Å². The number of aliphatic hydroxyl groups excluding tert-OH is 5. The summed E-state index contributed by atoms with van der Waals surface area (Å²) in [4.78, 5) is 15.3. The van der Waals surface area contributed by atoms with Gasteiger partial charge in [0.05, 0.1) is 18.4 Å². The highest BCUT2D eigenvalue weighted by Gasteiger charge is 2.29. The maximum atomic E-state index is 11.6. The van der Waals surface area contributed by atoms with Gasteiger partial charge in [-0.05, 0) is 12.1 Å². The number of carbonyl (C=O) groups is 1. The van der Waals surface area contributed by atoms with Crippen molar-refractivity contribution in [3.63, 3.8) is 0 Å². The zero-order chi connectivity index (χ0) is 15.8. The predicted molar refractivity (Wildman–Crippen MR) is 71.3 cm³/mol. The molecule has 4 unspecified atom stereocenters. The number of amides is 1. The van der Waals surface area contributed by atoms with Crippen molar-refractivity contribution in [2.75, 3.05) is 6.61 Å². The van der Waals surface area contributed by atoms with Crippen LogP contribution in [-0.4, -0.2) is 73.7 Å². The van der Waals surface area contributed by atoms with Gasteiger partial charge in [-0.15, -0.1) is 0 Å². The van der Waals surface area contributed by atoms with Gasteiger partial charge in [0.1, 0.15) is 24.4 Å². The summed E-state index contributed by atoms with van der Waals surface area (Å²) in [5.41, 5.74) is 2.34. The number of hydrazone groups is 1. The van der Waals surface area contributed by atoms with Crippen molar-refractivity contribution in [3.8, 4) is 0 Å². The van der Waals surface area contributed by atoms with Gasteiger partial charge in [0.15, 0.2) is 0 Å². The van der Waals surface area contributed by atoms with Gasteiger partial charge in [0, 0.05) is 12.4 Å². The highest BCUT2D eigenvalue weighted by Crippen LogP contribution is 2.03. The Kier molecular flexibility index (Phi) is 6.85. The van der Waals surface area contributed by atoms with Crippen LogP contribution in [0.5, 0.6) is 0 Å². The molecule has 0 aliphatic carbocycles. The van der Waals surface area contributed by atoms with Crippen LogP contribution >= 0.6 is 0 Å². The molecule has 1 aromatic rings. The number of pyridine rings is 1. The molecule has 0 radical (unpaired) electrons. The number of rotatable bonds is 7. The Morgan fingerprint density at radius 1 is 1.33 bits per heavy atom. The topological polar surface area (TPSA) is 156 Å². The molecule has 0 fully saturated rings. The quantitative estimate of drug-likeness (QED) is 0.235. The fraction of sp³-hybridized carbons (Fsp3) is 0.417. The van der Waals surface area contributed by atoms with Gasteiger partial charge in [-0.3, -0.25) is 9.78 Å². The number of nitrogens with zero attached hydrogens (tertiary/aromatic N) is 2. The minimum absolute atomic E-state index is 0.250. The van der Waals surface area contributed by atoms with Crippen LogP contribution in [0.1, 0.15) is 10.4 Å².